The van der Waals surface area contributed by atoms with Crippen LogP contribution in [-0.2, 0) is 0 Å². The van der Waals surface area contributed by atoms with E-state index >= 15 is 0 Å². The molecule has 88 valence electrons. The Bertz CT molecular complexity index is 686. The van der Waals surface area contributed by atoms with Crippen molar-refractivity contribution in [1.29, 1.82) is 0 Å². The lowest BCUT2D eigenvalue weighted by Gasteiger charge is -2.07. The average molecular weight is 257 g/mol. The van der Waals surface area contributed by atoms with E-state index in [0.717, 1.165) is 16.7 Å². The van der Waals surface area contributed by atoms with Crippen molar-refractivity contribution in [2.45, 2.75) is 0 Å². The molecule has 1 aromatic heterocycles. The van der Waals surface area contributed by atoms with Gasteiger partial charge < -0.3 is 4.74 Å². The summed E-state index contributed by atoms with van der Waals surface area (Å²) in [6, 6.07) is 14.9. The van der Waals surface area contributed by atoms with Crippen LogP contribution in [0.15, 0.2) is 54.9 Å². The van der Waals surface area contributed by atoms with Crippen molar-refractivity contribution < 1.29 is 4.74 Å². The largest absolute Gasteiger partial charge is 0.438 e. The zero-order valence-electron chi connectivity index (χ0n) is 9.38. The van der Waals surface area contributed by atoms with Gasteiger partial charge in [-0.25, -0.2) is 9.97 Å². The second kappa shape index (κ2) is 4.63. The number of ether oxygens (including phenoxy) is 1. The predicted molar refractivity (Wildman–Crippen MR) is 71.1 cm³/mol. The fourth-order valence-corrected chi connectivity index (χ4v) is 1.86. The number of nitrogens with zero attached hydrogens (tertiary/aromatic N) is 2. The maximum Gasteiger partial charge on any atom is 0.230 e. The number of aromatic nitrogens is 2. The molecule has 0 spiro atoms. The van der Waals surface area contributed by atoms with E-state index in [4.69, 9.17) is 16.3 Å². The molecule has 0 N–H and O–H groups in total. The van der Waals surface area contributed by atoms with Crippen LogP contribution in [0.1, 0.15) is 0 Å². The highest BCUT2D eigenvalue weighted by atomic mass is 35.5. The Balaban J connectivity index is 2.09. The van der Waals surface area contributed by atoms with Crippen molar-refractivity contribution in [2.24, 2.45) is 0 Å². The number of fused-ring (bicyclic) bond motifs is 1. The van der Waals surface area contributed by atoms with Gasteiger partial charge in [0.25, 0.3) is 0 Å². The maximum absolute atomic E-state index is 5.98. The quantitative estimate of drug-likeness (QED) is 0.693. The van der Waals surface area contributed by atoms with E-state index in [1.54, 1.807) is 12.1 Å². The molecule has 0 radical (unpaired) electrons. The second-order valence-corrected chi connectivity index (χ2v) is 4.19. The van der Waals surface area contributed by atoms with E-state index in [9.17, 15) is 0 Å². The monoisotopic (exact) mass is 256 g/mol. The third kappa shape index (κ3) is 2.13. The Hall–Kier alpha value is -2.13. The smallest absolute Gasteiger partial charge is 0.230 e. The highest BCUT2D eigenvalue weighted by Gasteiger charge is 2.06. The molecule has 0 saturated carbocycles. The first-order valence-corrected chi connectivity index (χ1v) is 5.84. The Morgan fingerprint density at radius 2 is 1.78 bits per heavy atom. The lowest BCUT2D eigenvalue weighted by atomic mass is 10.2. The van der Waals surface area contributed by atoms with Gasteiger partial charge in [-0.1, -0.05) is 29.8 Å². The normalized spacial score (nSPS) is 10.5. The molecule has 1 heterocycles. The molecule has 0 aliphatic heterocycles. The second-order valence-electron chi connectivity index (χ2n) is 3.76. The minimum atomic E-state index is 0.508. The molecule has 2 aromatic carbocycles. The summed E-state index contributed by atoms with van der Waals surface area (Å²) in [6.45, 7) is 0. The summed E-state index contributed by atoms with van der Waals surface area (Å²) >= 11 is 5.98. The summed E-state index contributed by atoms with van der Waals surface area (Å²) in [7, 11) is 0. The van der Waals surface area contributed by atoms with E-state index < -0.39 is 0 Å². The van der Waals surface area contributed by atoms with Crippen molar-refractivity contribution in [2.75, 3.05) is 0 Å². The standard InChI is InChI=1S/C14H9ClN2O/c15-10-6-7-13-12(8-10)14(17-9-16-13)18-11-4-2-1-3-5-11/h1-9H. The molecule has 0 unspecified atom stereocenters. The molecule has 0 bridgehead atoms. The first kappa shape index (κ1) is 11.0. The van der Waals surface area contributed by atoms with Gasteiger partial charge in [0.05, 0.1) is 10.9 Å². The van der Waals surface area contributed by atoms with Crippen LogP contribution in [0.5, 0.6) is 11.6 Å². The van der Waals surface area contributed by atoms with Crippen molar-refractivity contribution >= 4 is 22.5 Å². The molecule has 0 amide bonds. The van der Waals surface area contributed by atoms with Gasteiger partial charge in [0.1, 0.15) is 12.1 Å². The summed E-state index contributed by atoms with van der Waals surface area (Å²) in [5.74, 6) is 1.24. The zero-order valence-corrected chi connectivity index (χ0v) is 10.1. The van der Waals surface area contributed by atoms with Gasteiger partial charge in [-0.05, 0) is 30.3 Å². The van der Waals surface area contributed by atoms with E-state index in [-0.39, 0.29) is 0 Å². The number of halogens is 1. The Morgan fingerprint density at radius 1 is 0.944 bits per heavy atom. The molecule has 0 aliphatic rings. The molecule has 3 rings (SSSR count). The van der Waals surface area contributed by atoms with E-state index in [1.807, 2.05) is 36.4 Å². The van der Waals surface area contributed by atoms with Gasteiger partial charge in [0.15, 0.2) is 0 Å². The molecule has 0 aliphatic carbocycles. The van der Waals surface area contributed by atoms with Gasteiger partial charge >= 0.3 is 0 Å². The summed E-state index contributed by atoms with van der Waals surface area (Å²) in [4.78, 5) is 8.33. The van der Waals surface area contributed by atoms with Crippen molar-refractivity contribution in [3.8, 4) is 11.6 Å². The topological polar surface area (TPSA) is 35.0 Å². The average Bonchev–Trinajstić information content (AvgIpc) is 2.41. The summed E-state index contributed by atoms with van der Waals surface area (Å²) in [5.41, 5.74) is 0.806. The SMILES string of the molecule is Clc1ccc2ncnc(Oc3ccccc3)c2c1. The molecule has 3 aromatic rings. The van der Waals surface area contributed by atoms with Gasteiger partial charge in [-0.15, -0.1) is 0 Å². The number of hydrogen-bond acceptors (Lipinski definition) is 3. The minimum absolute atomic E-state index is 0.508. The van der Waals surface area contributed by atoms with E-state index in [1.165, 1.54) is 6.33 Å². The molecule has 18 heavy (non-hydrogen) atoms. The fraction of sp³-hybridized carbons (Fsp3) is 0. The molecular formula is C14H9ClN2O. The van der Waals surface area contributed by atoms with Crippen LogP contribution in [0, 0.1) is 0 Å². The van der Waals surface area contributed by atoms with Gasteiger partial charge in [0, 0.05) is 5.02 Å². The maximum atomic E-state index is 5.98. The first-order valence-electron chi connectivity index (χ1n) is 5.46. The van der Waals surface area contributed by atoms with E-state index in [0.29, 0.717) is 10.9 Å². The van der Waals surface area contributed by atoms with Crippen LogP contribution >= 0.6 is 11.6 Å². The van der Waals surface area contributed by atoms with Crippen molar-refractivity contribution in [3.05, 3.63) is 59.9 Å². The van der Waals surface area contributed by atoms with Gasteiger partial charge in [-0.2, -0.15) is 0 Å². The number of para-hydroxylation sites is 1. The Kier molecular flexibility index (Phi) is 2.82. The molecule has 4 heteroatoms. The van der Waals surface area contributed by atoms with Crippen molar-refractivity contribution in [1.82, 2.24) is 9.97 Å². The molecule has 0 saturated heterocycles. The number of benzene rings is 2. The highest BCUT2D eigenvalue weighted by molar-refractivity contribution is 6.31. The molecule has 0 atom stereocenters. The van der Waals surface area contributed by atoms with Crippen LogP contribution in [0.3, 0.4) is 0 Å². The zero-order chi connectivity index (χ0) is 12.4. The molecule has 3 nitrogen and oxygen atoms in total. The highest BCUT2D eigenvalue weighted by Crippen LogP contribution is 2.28. The fourth-order valence-electron chi connectivity index (χ4n) is 1.69. The van der Waals surface area contributed by atoms with Crippen LogP contribution in [-0.4, -0.2) is 9.97 Å². The van der Waals surface area contributed by atoms with Crippen LogP contribution in [0.4, 0.5) is 0 Å². The first-order chi connectivity index (χ1) is 8.83. The van der Waals surface area contributed by atoms with Crippen LogP contribution in [0.2, 0.25) is 5.02 Å². The number of hydrogen-bond donors (Lipinski definition) is 0. The van der Waals surface area contributed by atoms with E-state index in [2.05, 4.69) is 9.97 Å². The Labute approximate surface area is 109 Å². The summed E-state index contributed by atoms with van der Waals surface area (Å²) < 4.78 is 5.74. The third-order valence-corrected chi connectivity index (χ3v) is 2.75. The number of rotatable bonds is 2. The van der Waals surface area contributed by atoms with Crippen LogP contribution < -0.4 is 4.74 Å². The van der Waals surface area contributed by atoms with Crippen LogP contribution in [0.25, 0.3) is 10.9 Å². The summed E-state index contributed by atoms with van der Waals surface area (Å²) in [5, 5.41) is 1.43. The van der Waals surface area contributed by atoms with Gasteiger partial charge in [-0.3, -0.25) is 0 Å². The lowest BCUT2D eigenvalue weighted by molar-refractivity contribution is 0.468. The predicted octanol–water partition coefficient (Wildman–Crippen LogP) is 4.08. The van der Waals surface area contributed by atoms with Crippen molar-refractivity contribution in [3.63, 3.8) is 0 Å². The minimum Gasteiger partial charge on any atom is -0.438 e. The Morgan fingerprint density at radius 3 is 2.61 bits per heavy atom. The molecular weight excluding hydrogens is 248 g/mol. The third-order valence-electron chi connectivity index (χ3n) is 2.52. The van der Waals surface area contributed by atoms with Gasteiger partial charge in [0.2, 0.25) is 5.88 Å². The molecule has 0 fully saturated rings. The summed E-state index contributed by atoms with van der Waals surface area (Å²) in [6.07, 6.45) is 1.48. The lowest BCUT2D eigenvalue weighted by Crippen LogP contribution is -1.91.